The van der Waals surface area contributed by atoms with Crippen molar-refractivity contribution >= 4 is 139 Å². The van der Waals surface area contributed by atoms with Crippen molar-refractivity contribution in [2.45, 2.75) is 105 Å². The standard InChI is InChI=1S/C72H65BN4OS/c1-69(2,3)42-27-30-56-51(33-42)53-35-44(71(7,8)9)37-59-65(53)76(56)60-38-45(72(10,11)12)36-55-67(60)77(59)58-41-49(74(46-21-15-13-16-22-46)47-23-17-14-18-24-47)40-57-64(58)73(55)68-66(54-34-43(70(4,5)6)28-31-61(54)78-68)75(57)48-29-32-63-52(39-48)50-25-19-20-26-62(50)79-63/h13-41H,1-12H3. The number of rotatable bonds is 4. The fourth-order valence-electron chi connectivity index (χ4n) is 13.2. The summed E-state index contributed by atoms with van der Waals surface area (Å²) in [6, 6.07) is 67.2. The van der Waals surface area contributed by atoms with Crippen LogP contribution in [0, 0.1) is 0 Å². The van der Waals surface area contributed by atoms with Crippen LogP contribution in [0.3, 0.4) is 0 Å². The molecule has 0 spiro atoms. The second-order valence-electron chi connectivity index (χ2n) is 26.7. The third-order valence-corrected chi connectivity index (χ3v) is 18.6. The second-order valence-corrected chi connectivity index (χ2v) is 27.8. The summed E-state index contributed by atoms with van der Waals surface area (Å²) >= 11 is 1.87. The van der Waals surface area contributed by atoms with Crippen LogP contribution in [0.25, 0.3) is 58.6 Å². The van der Waals surface area contributed by atoms with Crippen molar-refractivity contribution in [1.82, 2.24) is 4.57 Å². The number of anilines is 9. The lowest BCUT2D eigenvalue weighted by Crippen LogP contribution is -2.61. The number of fused-ring (bicyclic) bond motifs is 14. The van der Waals surface area contributed by atoms with E-state index in [2.05, 4.69) is 278 Å². The van der Waals surface area contributed by atoms with Gasteiger partial charge < -0.3 is 23.7 Å². The van der Waals surface area contributed by atoms with Gasteiger partial charge in [0, 0.05) is 64.8 Å². The molecule has 0 saturated heterocycles. The zero-order valence-corrected chi connectivity index (χ0v) is 48.2. The number of hydrogen-bond donors (Lipinski definition) is 0. The highest BCUT2D eigenvalue weighted by atomic mass is 32.1. The van der Waals surface area contributed by atoms with Crippen LogP contribution >= 0.6 is 11.3 Å². The van der Waals surface area contributed by atoms with E-state index in [0.29, 0.717) is 0 Å². The molecule has 0 aliphatic carbocycles. The van der Waals surface area contributed by atoms with Crippen LogP contribution in [-0.4, -0.2) is 11.3 Å². The molecule has 79 heavy (non-hydrogen) atoms. The van der Waals surface area contributed by atoms with E-state index in [1.54, 1.807) is 0 Å². The Hall–Kier alpha value is -8.00. The van der Waals surface area contributed by atoms with E-state index in [-0.39, 0.29) is 28.4 Å². The van der Waals surface area contributed by atoms with Gasteiger partial charge in [0.15, 0.2) is 0 Å². The van der Waals surface area contributed by atoms with Crippen molar-refractivity contribution in [2.75, 3.05) is 14.7 Å². The molecule has 15 rings (SSSR count). The van der Waals surface area contributed by atoms with E-state index in [4.69, 9.17) is 4.42 Å². The summed E-state index contributed by atoms with van der Waals surface area (Å²) in [7, 11) is 0. The van der Waals surface area contributed by atoms with Gasteiger partial charge in [0.1, 0.15) is 5.58 Å². The van der Waals surface area contributed by atoms with Gasteiger partial charge >= 0.3 is 0 Å². The molecule has 5 nitrogen and oxygen atoms in total. The van der Waals surface area contributed by atoms with Crippen molar-refractivity contribution in [3.63, 3.8) is 0 Å². The highest BCUT2D eigenvalue weighted by molar-refractivity contribution is 7.25. The lowest BCUT2D eigenvalue weighted by Gasteiger charge is -2.46. The highest BCUT2D eigenvalue weighted by Gasteiger charge is 2.50. The molecule has 9 aromatic carbocycles. The first kappa shape index (κ1) is 48.2. The maximum atomic E-state index is 7.64. The maximum Gasteiger partial charge on any atom is 0.297 e. The summed E-state index contributed by atoms with van der Waals surface area (Å²) in [5.41, 5.74) is 22.9. The molecule has 388 valence electrons. The first-order chi connectivity index (χ1) is 37.7. The minimum Gasteiger partial charge on any atom is -0.468 e. The van der Waals surface area contributed by atoms with Crippen LogP contribution in [0.2, 0.25) is 0 Å². The van der Waals surface area contributed by atoms with Crippen LogP contribution in [0.5, 0.6) is 0 Å². The van der Waals surface area contributed by atoms with E-state index in [0.717, 1.165) is 56.4 Å². The van der Waals surface area contributed by atoms with E-state index < -0.39 is 0 Å². The van der Waals surface area contributed by atoms with Gasteiger partial charge in [-0.25, -0.2) is 0 Å². The van der Waals surface area contributed by atoms with Crippen molar-refractivity contribution < 1.29 is 4.42 Å². The Labute approximate surface area is 468 Å². The molecule has 3 aromatic heterocycles. The van der Waals surface area contributed by atoms with E-state index >= 15 is 0 Å². The van der Waals surface area contributed by atoms with Gasteiger partial charge in [-0.2, -0.15) is 0 Å². The monoisotopic (exact) mass is 1040 g/mol. The SMILES string of the molecule is CC(C)(C)c1cc2c3c(c1)-n1c4ccc(C(C)(C)C)cc4c4cc(C(C)(C)C)cc(c41)N3c1cc(N(c3ccccc3)c3ccccc3)cc3c1B2c1oc2ccc(C(C)(C)C)cc2c1N3c1ccc2sc3ccccc3c2c1. The molecule has 0 atom stereocenters. The summed E-state index contributed by atoms with van der Waals surface area (Å²) in [5.74, 6) is 0. The number of furan rings is 1. The van der Waals surface area contributed by atoms with Gasteiger partial charge in [-0.1, -0.05) is 156 Å². The van der Waals surface area contributed by atoms with Gasteiger partial charge in [0.05, 0.1) is 45.1 Å². The quantitative estimate of drug-likeness (QED) is 0.164. The first-order valence-corrected chi connectivity index (χ1v) is 29.0. The zero-order chi connectivity index (χ0) is 54.4. The normalized spacial score (nSPS) is 14.0. The number of thiophene rings is 1. The molecule has 0 radical (unpaired) electrons. The number of nitrogens with zero attached hydrogens (tertiary/aromatic N) is 4. The zero-order valence-electron chi connectivity index (χ0n) is 47.4. The Kier molecular flexibility index (Phi) is 9.94. The molecule has 0 bridgehead atoms. The van der Waals surface area contributed by atoms with Crippen LogP contribution in [0.15, 0.2) is 180 Å². The van der Waals surface area contributed by atoms with E-state index in [1.807, 2.05) is 11.3 Å². The molecule has 0 saturated carbocycles. The summed E-state index contributed by atoms with van der Waals surface area (Å²) in [6.45, 7) is 27.9. The summed E-state index contributed by atoms with van der Waals surface area (Å²) in [4.78, 5) is 7.72. The molecule has 6 heterocycles. The van der Waals surface area contributed by atoms with Gasteiger partial charge in [-0.05, 0) is 158 Å². The van der Waals surface area contributed by atoms with Gasteiger partial charge in [0.25, 0.3) is 6.71 Å². The topological polar surface area (TPSA) is 27.8 Å². The summed E-state index contributed by atoms with van der Waals surface area (Å²) in [5, 5.41) is 6.23. The number of benzene rings is 9. The van der Waals surface area contributed by atoms with Crippen molar-refractivity contribution in [3.05, 3.63) is 198 Å². The molecule has 0 fully saturated rings. The van der Waals surface area contributed by atoms with Crippen molar-refractivity contribution in [2.24, 2.45) is 0 Å². The largest absolute Gasteiger partial charge is 0.468 e. The minimum absolute atomic E-state index is 0.0326. The van der Waals surface area contributed by atoms with Crippen LogP contribution in [0.1, 0.15) is 105 Å². The van der Waals surface area contributed by atoms with Crippen LogP contribution < -0.4 is 31.3 Å². The molecule has 3 aliphatic heterocycles. The Morgan fingerprint density at radius 3 is 1.66 bits per heavy atom. The van der Waals surface area contributed by atoms with Gasteiger partial charge in [0.2, 0.25) is 0 Å². The van der Waals surface area contributed by atoms with E-state index in [1.165, 1.54) is 92.2 Å². The Bertz CT molecular complexity index is 4510. The van der Waals surface area contributed by atoms with Crippen LogP contribution in [-0.2, 0) is 21.7 Å². The first-order valence-electron chi connectivity index (χ1n) is 28.2. The second kappa shape index (κ2) is 16.3. The van der Waals surface area contributed by atoms with Crippen molar-refractivity contribution in [1.29, 1.82) is 0 Å². The molecule has 7 heteroatoms. The Morgan fingerprint density at radius 2 is 0.987 bits per heavy atom. The molecular weight excluding hydrogens is 980 g/mol. The van der Waals surface area contributed by atoms with Crippen LogP contribution in [0.4, 0.5) is 51.2 Å². The number of hydrogen-bond acceptors (Lipinski definition) is 5. The minimum atomic E-state index is -0.257. The van der Waals surface area contributed by atoms with Gasteiger partial charge in [-0.3, -0.25) is 0 Å². The summed E-state index contributed by atoms with van der Waals surface area (Å²) < 4.78 is 12.8. The van der Waals surface area contributed by atoms with Gasteiger partial charge in [-0.15, -0.1) is 11.3 Å². The summed E-state index contributed by atoms with van der Waals surface area (Å²) in [6.07, 6.45) is 0. The molecule has 12 aromatic rings. The fraction of sp³-hybridized carbons (Fsp3) is 0.222. The average Bonchev–Trinajstić information content (AvgIpc) is 4.24. The average molecular weight is 1050 g/mol. The highest BCUT2D eigenvalue weighted by Crippen LogP contribution is 2.57. The molecule has 3 aliphatic rings. The van der Waals surface area contributed by atoms with Crippen molar-refractivity contribution in [3.8, 4) is 5.69 Å². The lowest BCUT2D eigenvalue weighted by molar-refractivity contribution is 0.589. The predicted molar refractivity (Wildman–Crippen MR) is 341 cm³/mol. The lowest BCUT2D eigenvalue weighted by atomic mass is 9.35. The Balaban J connectivity index is 1.15. The maximum absolute atomic E-state index is 7.64. The van der Waals surface area contributed by atoms with E-state index in [9.17, 15) is 0 Å². The smallest absolute Gasteiger partial charge is 0.297 e. The number of para-hydroxylation sites is 2. The third-order valence-electron chi connectivity index (χ3n) is 17.4. The fourth-order valence-corrected chi connectivity index (χ4v) is 14.3. The molecule has 0 amide bonds. The predicted octanol–water partition coefficient (Wildman–Crippen LogP) is 19.0. The molecule has 0 unspecified atom stereocenters. The Morgan fingerprint density at radius 1 is 0.418 bits per heavy atom. The molecule has 0 N–H and O–H groups in total. The third kappa shape index (κ3) is 7.07. The molecular formula is C72H65BN4OS. The number of aromatic nitrogens is 1.